The first kappa shape index (κ1) is 18.3. The maximum absolute atomic E-state index is 12.5. The largest absolute Gasteiger partial charge is 0.508 e. The molecule has 1 aliphatic heterocycles. The maximum Gasteiger partial charge on any atom is 0.223 e. The Morgan fingerprint density at radius 2 is 1.73 bits per heavy atom. The molecule has 1 aromatic heterocycles. The molecule has 1 aliphatic rings. The molecule has 1 saturated heterocycles. The van der Waals surface area contributed by atoms with Crippen LogP contribution in [0.15, 0.2) is 41.8 Å². The van der Waals surface area contributed by atoms with Gasteiger partial charge >= 0.3 is 0 Å². The van der Waals surface area contributed by atoms with Crippen molar-refractivity contribution < 1.29 is 19.5 Å². The van der Waals surface area contributed by atoms with E-state index in [0.29, 0.717) is 36.4 Å². The minimum absolute atomic E-state index is 0.00532. The van der Waals surface area contributed by atoms with Crippen LogP contribution >= 0.6 is 11.3 Å². The van der Waals surface area contributed by atoms with Crippen molar-refractivity contribution in [2.75, 3.05) is 13.1 Å². The molecule has 0 spiro atoms. The zero-order valence-electron chi connectivity index (χ0n) is 14.4. The topological polar surface area (TPSA) is 74.7 Å². The molecule has 2 aromatic rings. The number of carbonyl (C=O) groups is 3. The van der Waals surface area contributed by atoms with E-state index in [4.69, 9.17) is 0 Å². The summed E-state index contributed by atoms with van der Waals surface area (Å²) in [6, 6.07) is 9.89. The van der Waals surface area contributed by atoms with Gasteiger partial charge < -0.3 is 10.0 Å². The van der Waals surface area contributed by atoms with Crippen molar-refractivity contribution in [2.45, 2.75) is 25.7 Å². The first-order valence-corrected chi connectivity index (χ1v) is 9.60. The number of benzene rings is 1. The normalized spacial score (nSPS) is 15.0. The van der Waals surface area contributed by atoms with Crippen LogP contribution in [0.5, 0.6) is 5.75 Å². The molecule has 3 rings (SSSR count). The number of carbonyl (C=O) groups excluding carboxylic acids is 3. The molecule has 0 atom stereocenters. The van der Waals surface area contributed by atoms with Crippen molar-refractivity contribution in [1.82, 2.24) is 4.90 Å². The summed E-state index contributed by atoms with van der Waals surface area (Å²) < 4.78 is 0. The fraction of sp³-hybridized carbons (Fsp3) is 0.350. The van der Waals surface area contributed by atoms with Crippen LogP contribution in [0.1, 0.15) is 45.7 Å². The van der Waals surface area contributed by atoms with Gasteiger partial charge in [0.05, 0.1) is 4.88 Å². The highest BCUT2D eigenvalue weighted by atomic mass is 32.1. The predicted molar refractivity (Wildman–Crippen MR) is 99.6 cm³/mol. The number of ketones is 2. The number of thiophene rings is 1. The Balaban J connectivity index is 1.47. The second-order valence-corrected chi connectivity index (χ2v) is 7.41. The number of phenolic OH excluding ortho intramolecular Hbond substituents is 1. The highest BCUT2D eigenvalue weighted by Gasteiger charge is 2.28. The number of hydrogen-bond acceptors (Lipinski definition) is 5. The summed E-state index contributed by atoms with van der Waals surface area (Å²) in [5, 5.41) is 11.2. The summed E-state index contributed by atoms with van der Waals surface area (Å²) in [5.74, 6) is 0.0801. The number of likely N-dealkylation sites (tertiary alicyclic amines) is 1. The predicted octanol–water partition coefficient (Wildman–Crippen LogP) is 3.54. The van der Waals surface area contributed by atoms with Gasteiger partial charge in [0.2, 0.25) is 5.91 Å². The lowest BCUT2D eigenvalue weighted by atomic mass is 9.88. The van der Waals surface area contributed by atoms with Gasteiger partial charge in [0, 0.05) is 37.4 Å². The van der Waals surface area contributed by atoms with Crippen molar-refractivity contribution in [2.24, 2.45) is 5.92 Å². The fourth-order valence-corrected chi connectivity index (χ4v) is 3.89. The van der Waals surface area contributed by atoms with Crippen LogP contribution < -0.4 is 0 Å². The third kappa shape index (κ3) is 4.38. The van der Waals surface area contributed by atoms with E-state index in [9.17, 15) is 19.5 Å². The van der Waals surface area contributed by atoms with Crippen LogP contribution in [0.2, 0.25) is 0 Å². The summed E-state index contributed by atoms with van der Waals surface area (Å²) in [6.45, 7) is 1.08. The third-order valence-electron chi connectivity index (χ3n) is 4.73. The third-order valence-corrected chi connectivity index (χ3v) is 5.64. The standard InChI is InChI=1S/C20H21NO4S/c22-16-5-3-14(4-6-16)20(25)15-9-11-21(12-10-15)19(24)8-7-17(23)18-2-1-13-26-18/h1-6,13,15,22H,7-12H2. The van der Waals surface area contributed by atoms with Gasteiger partial charge in [-0.3, -0.25) is 14.4 Å². The number of hydrogen-bond donors (Lipinski definition) is 1. The molecule has 1 aromatic carbocycles. The van der Waals surface area contributed by atoms with Crippen molar-refractivity contribution in [3.63, 3.8) is 0 Å². The highest BCUT2D eigenvalue weighted by molar-refractivity contribution is 7.12. The molecule has 0 radical (unpaired) electrons. The molecule has 136 valence electrons. The summed E-state index contributed by atoms with van der Waals surface area (Å²) in [6.07, 6.45) is 1.70. The van der Waals surface area contributed by atoms with Crippen molar-refractivity contribution >= 4 is 28.8 Å². The molecule has 0 saturated carbocycles. The minimum atomic E-state index is -0.101. The number of nitrogens with zero attached hydrogens (tertiary/aromatic N) is 1. The number of Topliss-reactive ketones (excluding diaryl/α,β-unsaturated/α-hetero) is 2. The van der Waals surface area contributed by atoms with E-state index in [1.807, 2.05) is 11.4 Å². The lowest BCUT2D eigenvalue weighted by Crippen LogP contribution is -2.40. The fourth-order valence-electron chi connectivity index (χ4n) is 3.19. The Morgan fingerprint density at radius 1 is 1.04 bits per heavy atom. The van der Waals surface area contributed by atoms with Crippen LogP contribution in [0.4, 0.5) is 0 Å². The minimum Gasteiger partial charge on any atom is -0.508 e. The van der Waals surface area contributed by atoms with Gasteiger partial charge in [0.15, 0.2) is 11.6 Å². The Bertz CT molecular complexity index is 775. The number of amides is 1. The lowest BCUT2D eigenvalue weighted by molar-refractivity contribution is -0.132. The monoisotopic (exact) mass is 371 g/mol. The Morgan fingerprint density at radius 3 is 2.35 bits per heavy atom. The van der Waals surface area contributed by atoms with E-state index in [1.54, 1.807) is 23.1 Å². The van der Waals surface area contributed by atoms with Crippen molar-refractivity contribution in [3.05, 3.63) is 52.2 Å². The second-order valence-electron chi connectivity index (χ2n) is 6.47. The first-order chi connectivity index (χ1) is 12.5. The smallest absolute Gasteiger partial charge is 0.223 e. The van der Waals surface area contributed by atoms with E-state index in [2.05, 4.69) is 0 Å². The number of aromatic hydroxyl groups is 1. The summed E-state index contributed by atoms with van der Waals surface area (Å²) in [4.78, 5) is 39.3. The maximum atomic E-state index is 12.5. The number of phenols is 1. The van der Waals surface area contributed by atoms with Crippen LogP contribution in [0, 0.1) is 5.92 Å². The van der Waals surface area contributed by atoms with Crippen LogP contribution in [0.25, 0.3) is 0 Å². The van der Waals surface area contributed by atoms with Crippen LogP contribution in [-0.2, 0) is 4.79 Å². The van der Waals surface area contributed by atoms with Gasteiger partial charge in [-0.1, -0.05) is 6.07 Å². The SMILES string of the molecule is O=C(CCC(=O)N1CCC(C(=O)c2ccc(O)cc2)CC1)c1cccs1. The molecule has 1 N–H and O–H groups in total. The van der Waals surface area contributed by atoms with Crippen molar-refractivity contribution in [1.29, 1.82) is 0 Å². The molecule has 6 heteroatoms. The summed E-state index contributed by atoms with van der Waals surface area (Å²) in [5.41, 5.74) is 0.592. The summed E-state index contributed by atoms with van der Waals surface area (Å²) >= 11 is 1.39. The molecule has 1 amide bonds. The molecular formula is C20H21NO4S. The number of rotatable bonds is 6. The molecule has 1 fully saturated rings. The average Bonchev–Trinajstić information content (AvgIpc) is 3.21. The van der Waals surface area contributed by atoms with E-state index in [0.717, 1.165) is 0 Å². The first-order valence-electron chi connectivity index (χ1n) is 8.72. The van der Waals surface area contributed by atoms with Crippen LogP contribution in [-0.4, -0.2) is 40.6 Å². The lowest BCUT2D eigenvalue weighted by Gasteiger charge is -2.31. The van der Waals surface area contributed by atoms with Gasteiger partial charge in [-0.15, -0.1) is 11.3 Å². The second kappa shape index (κ2) is 8.27. The average molecular weight is 371 g/mol. The zero-order valence-corrected chi connectivity index (χ0v) is 15.2. The molecule has 5 nitrogen and oxygen atoms in total. The van der Waals surface area contributed by atoms with Gasteiger partial charge in [-0.25, -0.2) is 0 Å². The molecule has 0 unspecified atom stereocenters. The molecule has 0 bridgehead atoms. The van der Waals surface area contributed by atoms with E-state index in [1.165, 1.54) is 23.5 Å². The van der Waals surface area contributed by atoms with Gasteiger partial charge in [-0.2, -0.15) is 0 Å². The summed E-state index contributed by atoms with van der Waals surface area (Å²) in [7, 11) is 0. The Hall–Kier alpha value is -2.47. The van der Waals surface area contributed by atoms with Gasteiger partial charge in [0.25, 0.3) is 0 Å². The molecule has 0 aliphatic carbocycles. The molecule has 26 heavy (non-hydrogen) atoms. The number of piperidine rings is 1. The van der Waals surface area contributed by atoms with E-state index in [-0.39, 0.29) is 42.0 Å². The Labute approximate surface area is 156 Å². The quantitative estimate of drug-likeness (QED) is 0.788. The Kier molecular flexibility index (Phi) is 5.83. The van der Waals surface area contributed by atoms with E-state index >= 15 is 0 Å². The molecule has 2 heterocycles. The zero-order chi connectivity index (χ0) is 18.5. The van der Waals surface area contributed by atoms with Gasteiger partial charge in [-0.05, 0) is 48.6 Å². The van der Waals surface area contributed by atoms with Crippen molar-refractivity contribution in [3.8, 4) is 5.75 Å². The molecular weight excluding hydrogens is 350 g/mol. The van der Waals surface area contributed by atoms with Gasteiger partial charge in [0.1, 0.15) is 5.75 Å². The highest BCUT2D eigenvalue weighted by Crippen LogP contribution is 2.23. The van der Waals surface area contributed by atoms with Crippen LogP contribution in [0.3, 0.4) is 0 Å². The van der Waals surface area contributed by atoms with E-state index < -0.39 is 0 Å².